The molecule has 0 radical (unpaired) electrons. The summed E-state index contributed by atoms with van der Waals surface area (Å²) in [5.41, 5.74) is 2.86. The maximum absolute atomic E-state index is 11.7. The van der Waals surface area contributed by atoms with Gasteiger partial charge in [0.05, 0.1) is 6.61 Å². The van der Waals surface area contributed by atoms with Crippen molar-refractivity contribution in [3.63, 3.8) is 0 Å². The third kappa shape index (κ3) is 3.96. The van der Waals surface area contributed by atoms with E-state index in [2.05, 4.69) is 34.5 Å². The van der Waals surface area contributed by atoms with E-state index in [4.69, 9.17) is 4.74 Å². The molecule has 0 unspecified atom stereocenters. The number of carbonyl (C=O) groups excluding carboxylic acids is 1. The Balaban J connectivity index is 1.37. The fourth-order valence-corrected chi connectivity index (χ4v) is 3.52. The molecule has 0 aromatic heterocycles. The van der Waals surface area contributed by atoms with E-state index in [0.717, 1.165) is 52.0 Å². The van der Waals surface area contributed by atoms with E-state index >= 15 is 0 Å². The number of nitrogens with zero attached hydrogens (tertiary/aromatic N) is 2. The van der Waals surface area contributed by atoms with E-state index in [1.54, 1.807) is 0 Å². The van der Waals surface area contributed by atoms with Gasteiger partial charge in [0.15, 0.2) is 0 Å². The number of hydrogen-bond donors (Lipinski definition) is 1. The van der Waals surface area contributed by atoms with Gasteiger partial charge >= 0.3 is 6.09 Å². The minimum absolute atomic E-state index is 0.167. The van der Waals surface area contributed by atoms with Crippen LogP contribution in [0.25, 0.3) is 0 Å². The molecular formula is C18H27N3O2. The summed E-state index contributed by atoms with van der Waals surface area (Å²) >= 11 is 0. The standard InChI is InChI=1S/C18H27N3O2/c1-2-23-18(22)21-12-8-16(9-13-21)19-10-14-20-11-7-15-5-3-4-6-17(15)20/h3-6,16,19H,2,7-14H2,1H3. The molecule has 23 heavy (non-hydrogen) atoms. The van der Waals surface area contributed by atoms with Crippen molar-refractivity contribution < 1.29 is 9.53 Å². The highest BCUT2D eigenvalue weighted by molar-refractivity contribution is 5.67. The summed E-state index contributed by atoms with van der Waals surface area (Å²) in [6, 6.07) is 9.21. The van der Waals surface area contributed by atoms with E-state index in [1.807, 2.05) is 11.8 Å². The summed E-state index contributed by atoms with van der Waals surface area (Å²) < 4.78 is 5.06. The second-order valence-electron chi connectivity index (χ2n) is 6.28. The number of fused-ring (bicyclic) bond motifs is 1. The molecule has 2 aliphatic rings. The number of carbonyl (C=O) groups is 1. The molecule has 0 saturated carbocycles. The number of ether oxygens (including phenoxy) is 1. The van der Waals surface area contributed by atoms with Crippen LogP contribution in [-0.4, -0.2) is 56.4 Å². The zero-order chi connectivity index (χ0) is 16.1. The number of para-hydroxylation sites is 1. The fourth-order valence-electron chi connectivity index (χ4n) is 3.52. The Morgan fingerprint density at radius 2 is 2.04 bits per heavy atom. The van der Waals surface area contributed by atoms with Crippen molar-refractivity contribution in [2.75, 3.05) is 44.2 Å². The van der Waals surface area contributed by atoms with Gasteiger partial charge < -0.3 is 19.9 Å². The SMILES string of the molecule is CCOC(=O)N1CCC(NCCN2CCc3ccccc32)CC1. The van der Waals surface area contributed by atoms with Crippen LogP contribution in [0.5, 0.6) is 0 Å². The molecule has 5 heteroatoms. The van der Waals surface area contributed by atoms with Crippen LogP contribution in [0.1, 0.15) is 25.3 Å². The molecule has 1 aromatic rings. The van der Waals surface area contributed by atoms with Crippen molar-refractivity contribution in [1.29, 1.82) is 0 Å². The topological polar surface area (TPSA) is 44.8 Å². The first-order chi connectivity index (χ1) is 11.3. The fraction of sp³-hybridized carbons (Fsp3) is 0.611. The predicted octanol–water partition coefficient (Wildman–Crippen LogP) is 2.26. The summed E-state index contributed by atoms with van der Waals surface area (Å²) in [7, 11) is 0. The van der Waals surface area contributed by atoms with Gasteiger partial charge in [0.2, 0.25) is 0 Å². The van der Waals surface area contributed by atoms with Gasteiger partial charge in [0, 0.05) is 44.5 Å². The van der Waals surface area contributed by atoms with Gasteiger partial charge in [-0.1, -0.05) is 18.2 Å². The van der Waals surface area contributed by atoms with E-state index in [0.29, 0.717) is 12.6 Å². The smallest absolute Gasteiger partial charge is 0.409 e. The molecule has 5 nitrogen and oxygen atoms in total. The number of rotatable bonds is 5. The summed E-state index contributed by atoms with van der Waals surface area (Å²) in [6.45, 7) is 7.07. The minimum Gasteiger partial charge on any atom is -0.450 e. The Kier molecular flexibility index (Phi) is 5.39. The Hall–Kier alpha value is -1.75. The Bertz CT molecular complexity index is 527. The summed E-state index contributed by atoms with van der Waals surface area (Å²) in [5.74, 6) is 0. The van der Waals surface area contributed by atoms with Gasteiger partial charge in [-0.05, 0) is 37.8 Å². The lowest BCUT2D eigenvalue weighted by molar-refractivity contribution is 0.0952. The first-order valence-electron chi connectivity index (χ1n) is 8.76. The lowest BCUT2D eigenvalue weighted by atomic mass is 10.1. The van der Waals surface area contributed by atoms with Crippen LogP contribution in [0.15, 0.2) is 24.3 Å². The van der Waals surface area contributed by atoms with Crippen molar-refractivity contribution >= 4 is 11.8 Å². The van der Waals surface area contributed by atoms with Crippen molar-refractivity contribution in [2.24, 2.45) is 0 Å². The minimum atomic E-state index is -0.167. The van der Waals surface area contributed by atoms with Crippen LogP contribution < -0.4 is 10.2 Å². The van der Waals surface area contributed by atoms with Gasteiger partial charge in [-0.2, -0.15) is 0 Å². The lowest BCUT2D eigenvalue weighted by Gasteiger charge is -2.32. The monoisotopic (exact) mass is 317 g/mol. The van der Waals surface area contributed by atoms with Gasteiger partial charge in [-0.25, -0.2) is 4.79 Å². The second-order valence-corrected chi connectivity index (χ2v) is 6.28. The molecule has 1 fully saturated rings. The van der Waals surface area contributed by atoms with Gasteiger partial charge in [-0.3, -0.25) is 0 Å². The van der Waals surface area contributed by atoms with Crippen LogP contribution in [0, 0.1) is 0 Å². The molecule has 0 aliphatic carbocycles. The molecule has 0 bridgehead atoms. The average molecular weight is 317 g/mol. The molecule has 1 amide bonds. The summed E-state index contributed by atoms with van der Waals surface area (Å²) in [5, 5.41) is 3.65. The van der Waals surface area contributed by atoms with Crippen molar-refractivity contribution in [3.8, 4) is 0 Å². The zero-order valence-corrected chi connectivity index (χ0v) is 14.0. The van der Waals surface area contributed by atoms with Gasteiger partial charge in [0.25, 0.3) is 0 Å². The number of likely N-dealkylation sites (tertiary alicyclic amines) is 1. The van der Waals surface area contributed by atoms with E-state index in [-0.39, 0.29) is 6.09 Å². The average Bonchev–Trinajstić information content (AvgIpc) is 2.99. The Labute approximate surface area is 138 Å². The number of hydrogen-bond acceptors (Lipinski definition) is 4. The highest BCUT2D eigenvalue weighted by Crippen LogP contribution is 2.26. The molecule has 2 aliphatic heterocycles. The first-order valence-corrected chi connectivity index (χ1v) is 8.76. The third-order valence-corrected chi connectivity index (χ3v) is 4.82. The van der Waals surface area contributed by atoms with Crippen LogP contribution in [-0.2, 0) is 11.2 Å². The number of benzene rings is 1. The van der Waals surface area contributed by atoms with Gasteiger partial charge in [-0.15, -0.1) is 0 Å². The highest BCUT2D eigenvalue weighted by atomic mass is 16.6. The van der Waals surface area contributed by atoms with Crippen LogP contribution in [0.3, 0.4) is 0 Å². The van der Waals surface area contributed by atoms with Crippen molar-refractivity contribution in [1.82, 2.24) is 10.2 Å². The normalized spacial score (nSPS) is 18.1. The van der Waals surface area contributed by atoms with Crippen LogP contribution in [0.2, 0.25) is 0 Å². The van der Waals surface area contributed by atoms with E-state index in [1.165, 1.54) is 11.3 Å². The lowest BCUT2D eigenvalue weighted by Crippen LogP contribution is -2.46. The first kappa shape index (κ1) is 16.1. The Morgan fingerprint density at radius 1 is 1.26 bits per heavy atom. The highest BCUT2D eigenvalue weighted by Gasteiger charge is 2.23. The zero-order valence-electron chi connectivity index (χ0n) is 14.0. The molecular weight excluding hydrogens is 290 g/mol. The molecule has 0 atom stereocenters. The largest absolute Gasteiger partial charge is 0.450 e. The Morgan fingerprint density at radius 3 is 2.83 bits per heavy atom. The molecule has 0 spiro atoms. The second kappa shape index (κ2) is 7.68. The van der Waals surface area contributed by atoms with Crippen molar-refractivity contribution in [2.45, 2.75) is 32.2 Å². The number of anilines is 1. The van der Waals surface area contributed by atoms with Crippen molar-refractivity contribution in [3.05, 3.63) is 29.8 Å². The molecule has 2 heterocycles. The summed E-state index contributed by atoms with van der Waals surface area (Å²) in [4.78, 5) is 16.0. The van der Waals surface area contributed by atoms with Gasteiger partial charge in [0.1, 0.15) is 0 Å². The molecule has 3 rings (SSSR count). The quantitative estimate of drug-likeness (QED) is 0.905. The number of nitrogens with one attached hydrogen (secondary N) is 1. The molecule has 1 N–H and O–H groups in total. The predicted molar refractivity (Wildman–Crippen MR) is 92.0 cm³/mol. The number of piperidine rings is 1. The number of amides is 1. The molecule has 1 saturated heterocycles. The third-order valence-electron chi connectivity index (χ3n) is 4.82. The van der Waals surface area contributed by atoms with Crippen LogP contribution in [0.4, 0.5) is 10.5 Å². The van der Waals surface area contributed by atoms with Crippen LogP contribution >= 0.6 is 0 Å². The maximum atomic E-state index is 11.7. The maximum Gasteiger partial charge on any atom is 0.409 e. The van der Waals surface area contributed by atoms with E-state index in [9.17, 15) is 4.79 Å². The summed E-state index contributed by atoms with van der Waals surface area (Å²) in [6.07, 6.45) is 3.01. The van der Waals surface area contributed by atoms with E-state index < -0.39 is 0 Å². The molecule has 1 aromatic carbocycles. The molecule has 126 valence electrons.